The van der Waals surface area contributed by atoms with Crippen LogP contribution < -0.4 is 0 Å². The van der Waals surface area contributed by atoms with Crippen molar-refractivity contribution in [2.75, 3.05) is 0 Å². The molecule has 0 saturated heterocycles. The van der Waals surface area contributed by atoms with E-state index in [-0.39, 0.29) is 11.7 Å². The molecule has 0 bridgehead atoms. The first-order valence-corrected chi connectivity index (χ1v) is 6.02. The Balaban J connectivity index is 1.95. The minimum Gasteiger partial charge on any atom is -0.384 e. The third-order valence-corrected chi connectivity index (χ3v) is 3.03. The molecular formula is C11H11FN2O2S. The number of rotatable bonds is 4. The number of thioether (sulfide) groups is 1. The van der Waals surface area contributed by atoms with E-state index in [0.717, 1.165) is 4.90 Å². The largest absolute Gasteiger partial charge is 0.384 e. The summed E-state index contributed by atoms with van der Waals surface area (Å²) in [5.74, 6) is 0.974. The van der Waals surface area contributed by atoms with Crippen LogP contribution in [-0.4, -0.2) is 15.2 Å². The third-order valence-electron chi connectivity index (χ3n) is 2.02. The van der Waals surface area contributed by atoms with Gasteiger partial charge in [-0.05, 0) is 31.2 Å². The van der Waals surface area contributed by atoms with Gasteiger partial charge in [-0.3, -0.25) is 0 Å². The summed E-state index contributed by atoms with van der Waals surface area (Å²) in [6.45, 7) is 1.56. The van der Waals surface area contributed by atoms with E-state index in [1.54, 1.807) is 19.1 Å². The zero-order chi connectivity index (χ0) is 12.3. The molecule has 17 heavy (non-hydrogen) atoms. The van der Waals surface area contributed by atoms with Crippen LogP contribution in [-0.2, 0) is 5.75 Å². The molecule has 0 amide bonds. The van der Waals surface area contributed by atoms with E-state index < -0.39 is 6.10 Å². The van der Waals surface area contributed by atoms with E-state index in [4.69, 9.17) is 4.52 Å². The molecule has 1 aromatic carbocycles. The van der Waals surface area contributed by atoms with E-state index in [0.29, 0.717) is 11.6 Å². The standard InChI is InChI=1S/C11H11FN2O2S/c1-7(15)11-13-10(14-16-11)6-17-9-4-2-8(12)3-5-9/h2-5,7,15H,6H2,1H3. The van der Waals surface area contributed by atoms with Crippen LogP contribution in [0.15, 0.2) is 33.7 Å². The number of halogens is 1. The average molecular weight is 254 g/mol. The molecule has 0 saturated carbocycles. The van der Waals surface area contributed by atoms with E-state index in [1.165, 1.54) is 23.9 Å². The molecule has 1 N–H and O–H groups in total. The number of aliphatic hydroxyl groups is 1. The van der Waals surface area contributed by atoms with Gasteiger partial charge in [-0.25, -0.2) is 4.39 Å². The number of hydrogen-bond acceptors (Lipinski definition) is 5. The summed E-state index contributed by atoms with van der Waals surface area (Å²) < 4.78 is 17.5. The Bertz CT molecular complexity index is 484. The van der Waals surface area contributed by atoms with Crippen LogP contribution in [0, 0.1) is 5.82 Å². The van der Waals surface area contributed by atoms with Gasteiger partial charge in [0.1, 0.15) is 11.9 Å². The summed E-state index contributed by atoms with van der Waals surface area (Å²) in [7, 11) is 0. The number of aliphatic hydroxyl groups excluding tert-OH is 1. The van der Waals surface area contributed by atoms with Crippen LogP contribution in [0.2, 0.25) is 0 Å². The van der Waals surface area contributed by atoms with Crippen molar-refractivity contribution < 1.29 is 14.0 Å². The average Bonchev–Trinajstić information content (AvgIpc) is 2.77. The summed E-state index contributed by atoms with van der Waals surface area (Å²) in [5.41, 5.74) is 0. The molecule has 0 fully saturated rings. The van der Waals surface area contributed by atoms with Crippen LogP contribution >= 0.6 is 11.8 Å². The molecule has 90 valence electrons. The van der Waals surface area contributed by atoms with Gasteiger partial charge in [0, 0.05) is 4.90 Å². The number of benzene rings is 1. The summed E-state index contributed by atoms with van der Waals surface area (Å²) in [6.07, 6.45) is -0.757. The predicted octanol–water partition coefficient (Wildman–Crippen LogP) is 2.55. The zero-order valence-electron chi connectivity index (χ0n) is 9.13. The molecule has 0 aliphatic rings. The molecule has 1 aromatic heterocycles. The van der Waals surface area contributed by atoms with Crippen molar-refractivity contribution >= 4 is 11.8 Å². The topological polar surface area (TPSA) is 59.2 Å². The monoisotopic (exact) mass is 254 g/mol. The third kappa shape index (κ3) is 3.28. The fourth-order valence-corrected chi connectivity index (χ4v) is 1.92. The molecule has 2 rings (SSSR count). The molecule has 6 heteroatoms. The SMILES string of the molecule is CC(O)c1nc(CSc2ccc(F)cc2)no1. The van der Waals surface area contributed by atoms with Crippen molar-refractivity contribution in [1.29, 1.82) is 0 Å². The minimum absolute atomic E-state index is 0.208. The van der Waals surface area contributed by atoms with Crippen LogP contribution in [0.1, 0.15) is 24.7 Å². The lowest BCUT2D eigenvalue weighted by Gasteiger charge is -1.97. The number of nitrogens with zero attached hydrogens (tertiary/aromatic N) is 2. The van der Waals surface area contributed by atoms with Gasteiger partial charge >= 0.3 is 0 Å². The Hall–Kier alpha value is -1.40. The Kier molecular flexibility index (Phi) is 3.75. The van der Waals surface area contributed by atoms with Crippen LogP contribution in [0.5, 0.6) is 0 Å². The maximum atomic E-state index is 12.7. The molecule has 1 atom stereocenters. The van der Waals surface area contributed by atoms with Gasteiger partial charge in [-0.15, -0.1) is 11.8 Å². The first-order valence-electron chi connectivity index (χ1n) is 5.04. The summed E-state index contributed by atoms with van der Waals surface area (Å²) in [5, 5.41) is 12.9. The van der Waals surface area contributed by atoms with Crippen molar-refractivity contribution in [3.8, 4) is 0 Å². The van der Waals surface area contributed by atoms with Crippen molar-refractivity contribution in [2.45, 2.75) is 23.7 Å². The minimum atomic E-state index is -0.757. The van der Waals surface area contributed by atoms with E-state index in [2.05, 4.69) is 10.1 Å². The van der Waals surface area contributed by atoms with E-state index in [1.807, 2.05) is 0 Å². The lowest BCUT2D eigenvalue weighted by atomic mass is 10.4. The highest BCUT2D eigenvalue weighted by Gasteiger charge is 2.11. The van der Waals surface area contributed by atoms with Crippen LogP contribution in [0.25, 0.3) is 0 Å². The number of aromatic nitrogens is 2. The van der Waals surface area contributed by atoms with Gasteiger partial charge in [0.25, 0.3) is 5.89 Å². The molecule has 1 heterocycles. The Morgan fingerprint density at radius 2 is 2.12 bits per heavy atom. The molecular weight excluding hydrogens is 243 g/mol. The maximum absolute atomic E-state index is 12.7. The van der Waals surface area contributed by atoms with Crippen molar-refractivity contribution in [2.24, 2.45) is 0 Å². The highest BCUT2D eigenvalue weighted by molar-refractivity contribution is 7.98. The maximum Gasteiger partial charge on any atom is 0.255 e. The Morgan fingerprint density at radius 3 is 2.71 bits per heavy atom. The quantitative estimate of drug-likeness (QED) is 0.850. The molecule has 0 radical (unpaired) electrons. The highest BCUT2D eigenvalue weighted by atomic mass is 32.2. The molecule has 4 nitrogen and oxygen atoms in total. The molecule has 0 spiro atoms. The highest BCUT2D eigenvalue weighted by Crippen LogP contribution is 2.22. The van der Waals surface area contributed by atoms with Crippen molar-refractivity contribution in [3.05, 3.63) is 41.8 Å². The normalized spacial score (nSPS) is 12.6. The van der Waals surface area contributed by atoms with Gasteiger partial charge in [-0.1, -0.05) is 5.16 Å². The number of hydrogen-bond donors (Lipinski definition) is 1. The van der Waals surface area contributed by atoms with Crippen LogP contribution in [0.3, 0.4) is 0 Å². The van der Waals surface area contributed by atoms with Crippen molar-refractivity contribution in [3.63, 3.8) is 0 Å². The van der Waals surface area contributed by atoms with Gasteiger partial charge in [0.05, 0.1) is 5.75 Å². The van der Waals surface area contributed by atoms with E-state index in [9.17, 15) is 9.50 Å². The lowest BCUT2D eigenvalue weighted by molar-refractivity contribution is 0.151. The van der Waals surface area contributed by atoms with Crippen LogP contribution in [0.4, 0.5) is 4.39 Å². The summed E-state index contributed by atoms with van der Waals surface area (Å²) in [6, 6.07) is 6.19. The Morgan fingerprint density at radius 1 is 1.41 bits per heavy atom. The molecule has 0 aliphatic heterocycles. The smallest absolute Gasteiger partial charge is 0.255 e. The molecule has 2 aromatic rings. The fraction of sp³-hybridized carbons (Fsp3) is 0.273. The van der Waals surface area contributed by atoms with Gasteiger partial charge < -0.3 is 9.63 Å². The summed E-state index contributed by atoms with van der Waals surface area (Å²) >= 11 is 1.47. The molecule has 1 unspecified atom stereocenters. The zero-order valence-corrected chi connectivity index (χ0v) is 9.95. The first-order chi connectivity index (χ1) is 8.15. The second-order valence-electron chi connectivity index (χ2n) is 3.47. The second kappa shape index (κ2) is 5.29. The fourth-order valence-electron chi connectivity index (χ4n) is 1.17. The second-order valence-corrected chi connectivity index (χ2v) is 4.52. The summed E-state index contributed by atoms with van der Waals surface area (Å²) in [4.78, 5) is 4.95. The predicted molar refractivity (Wildman–Crippen MR) is 60.9 cm³/mol. The molecule has 0 aliphatic carbocycles. The first kappa shape index (κ1) is 12.1. The van der Waals surface area contributed by atoms with Gasteiger partial charge in [0.15, 0.2) is 5.82 Å². The van der Waals surface area contributed by atoms with Gasteiger partial charge in [0.2, 0.25) is 0 Å². The Labute approximate surface area is 102 Å². The van der Waals surface area contributed by atoms with Gasteiger partial charge in [-0.2, -0.15) is 4.98 Å². The van der Waals surface area contributed by atoms with E-state index >= 15 is 0 Å². The lowest BCUT2D eigenvalue weighted by Crippen LogP contribution is -1.91. The van der Waals surface area contributed by atoms with Crippen molar-refractivity contribution in [1.82, 2.24) is 10.1 Å².